The summed E-state index contributed by atoms with van der Waals surface area (Å²) in [4.78, 5) is 2.10. The van der Waals surface area contributed by atoms with E-state index in [1.807, 2.05) is 19.1 Å². The molecule has 0 bridgehead atoms. The van der Waals surface area contributed by atoms with Crippen molar-refractivity contribution in [2.24, 2.45) is 5.73 Å². The third-order valence-electron chi connectivity index (χ3n) is 2.42. The second-order valence-corrected chi connectivity index (χ2v) is 5.64. The zero-order valence-electron chi connectivity index (χ0n) is 10.5. The standard InChI is InChI=1S/C12H18F3NOS/c1-8-4-5-10(18-8)11(9(2)16)17-7-3-6-12(13,14)15/h4-5,9,11H,3,6-7,16H2,1-2H3. The Morgan fingerprint density at radius 2 is 2.06 bits per heavy atom. The minimum atomic E-state index is -4.12. The van der Waals surface area contributed by atoms with Crippen LogP contribution in [0.5, 0.6) is 0 Å². The second kappa shape index (κ2) is 6.54. The molecule has 0 amide bonds. The number of hydrogen-bond donors (Lipinski definition) is 1. The smallest absolute Gasteiger partial charge is 0.371 e. The first-order chi connectivity index (χ1) is 8.29. The topological polar surface area (TPSA) is 35.2 Å². The van der Waals surface area contributed by atoms with Gasteiger partial charge in [-0.2, -0.15) is 13.2 Å². The maximum absolute atomic E-state index is 12.0. The quantitative estimate of drug-likeness (QED) is 0.805. The molecule has 0 radical (unpaired) electrons. The monoisotopic (exact) mass is 281 g/mol. The van der Waals surface area contributed by atoms with Gasteiger partial charge in [-0.15, -0.1) is 11.3 Å². The Morgan fingerprint density at radius 1 is 1.39 bits per heavy atom. The molecule has 0 aliphatic carbocycles. The van der Waals surface area contributed by atoms with E-state index in [-0.39, 0.29) is 25.2 Å². The van der Waals surface area contributed by atoms with E-state index in [1.165, 1.54) is 0 Å². The lowest BCUT2D eigenvalue weighted by Crippen LogP contribution is -2.26. The largest absolute Gasteiger partial charge is 0.389 e. The van der Waals surface area contributed by atoms with Crippen molar-refractivity contribution in [3.8, 4) is 0 Å². The maximum Gasteiger partial charge on any atom is 0.389 e. The maximum atomic E-state index is 12.0. The summed E-state index contributed by atoms with van der Waals surface area (Å²) >= 11 is 1.56. The van der Waals surface area contributed by atoms with Crippen LogP contribution >= 0.6 is 11.3 Å². The molecule has 0 aliphatic rings. The highest BCUT2D eigenvalue weighted by Crippen LogP contribution is 2.28. The van der Waals surface area contributed by atoms with Gasteiger partial charge in [-0.3, -0.25) is 0 Å². The van der Waals surface area contributed by atoms with Crippen LogP contribution in [-0.4, -0.2) is 18.8 Å². The van der Waals surface area contributed by atoms with Crippen LogP contribution in [0.25, 0.3) is 0 Å². The molecular weight excluding hydrogens is 263 g/mol. The molecule has 2 N–H and O–H groups in total. The zero-order valence-corrected chi connectivity index (χ0v) is 11.3. The van der Waals surface area contributed by atoms with Crippen molar-refractivity contribution in [3.05, 3.63) is 21.9 Å². The number of thiophene rings is 1. The van der Waals surface area contributed by atoms with Crippen LogP contribution in [0.15, 0.2) is 12.1 Å². The van der Waals surface area contributed by atoms with Gasteiger partial charge in [0, 0.05) is 28.8 Å². The van der Waals surface area contributed by atoms with Gasteiger partial charge < -0.3 is 10.5 Å². The summed E-state index contributed by atoms with van der Waals surface area (Å²) in [5.74, 6) is 0. The van der Waals surface area contributed by atoms with Crippen LogP contribution in [0.4, 0.5) is 13.2 Å². The van der Waals surface area contributed by atoms with Gasteiger partial charge >= 0.3 is 6.18 Å². The van der Waals surface area contributed by atoms with E-state index >= 15 is 0 Å². The van der Waals surface area contributed by atoms with E-state index in [0.717, 1.165) is 9.75 Å². The van der Waals surface area contributed by atoms with E-state index in [9.17, 15) is 13.2 Å². The van der Waals surface area contributed by atoms with Crippen LogP contribution in [0.2, 0.25) is 0 Å². The minimum absolute atomic E-state index is 0.0307. The highest BCUT2D eigenvalue weighted by atomic mass is 32.1. The predicted molar refractivity (Wildman–Crippen MR) is 66.7 cm³/mol. The molecule has 2 atom stereocenters. The third-order valence-corrected chi connectivity index (χ3v) is 3.48. The van der Waals surface area contributed by atoms with Gasteiger partial charge in [-0.25, -0.2) is 0 Å². The molecule has 1 aromatic heterocycles. The first kappa shape index (κ1) is 15.5. The van der Waals surface area contributed by atoms with Gasteiger partial charge in [-0.05, 0) is 32.4 Å². The Labute approximate surface area is 109 Å². The molecule has 0 saturated carbocycles. The number of aryl methyl sites for hydroxylation is 1. The summed E-state index contributed by atoms with van der Waals surface area (Å²) in [5, 5.41) is 0. The van der Waals surface area contributed by atoms with Crippen molar-refractivity contribution in [2.75, 3.05) is 6.61 Å². The van der Waals surface area contributed by atoms with E-state index in [0.29, 0.717) is 0 Å². The molecule has 0 spiro atoms. The van der Waals surface area contributed by atoms with Crippen LogP contribution < -0.4 is 5.73 Å². The van der Waals surface area contributed by atoms with Gasteiger partial charge in [-0.1, -0.05) is 0 Å². The lowest BCUT2D eigenvalue weighted by atomic mass is 10.1. The molecule has 2 unspecified atom stereocenters. The zero-order chi connectivity index (χ0) is 13.8. The normalized spacial score (nSPS) is 15.7. The second-order valence-electron chi connectivity index (χ2n) is 4.32. The highest BCUT2D eigenvalue weighted by Gasteiger charge is 2.26. The van der Waals surface area contributed by atoms with Crippen molar-refractivity contribution < 1.29 is 17.9 Å². The lowest BCUT2D eigenvalue weighted by molar-refractivity contribution is -0.139. The van der Waals surface area contributed by atoms with Crippen molar-refractivity contribution in [2.45, 2.75) is 45.0 Å². The Balaban J connectivity index is 2.45. The molecule has 18 heavy (non-hydrogen) atoms. The molecule has 0 fully saturated rings. The van der Waals surface area contributed by atoms with Crippen molar-refractivity contribution in [3.63, 3.8) is 0 Å². The molecule has 0 saturated heterocycles. The van der Waals surface area contributed by atoms with Crippen LogP contribution in [0.3, 0.4) is 0 Å². The van der Waals surface area contributed by atoms with E-state index in [1.54, 1.807) is 18.3 Å². The Morgan fingerprint density at radius 3 is 2.50 bits per heavy atom. The van der Waals surface area contributed by atoms with Gasteiger partial charge in [0.1, 0.15) is 6.10 Å². The molecule has 2 nitrogen and oxygen atoms in total. The number of hydrogen-bond acceptors (Lipinski definition) is 3. The summed E-state index contributed by atoms with van der Waals surface area (Å²) in [6, 6.07) is 3.63. The molecule has 0 aromatic carbocycles. The molecule has 1 rings (SSSR count). The fourth-order valence-corrected chi connectivity index (χ4v) is 2.63. The summed E-state index contributed by atoms with van der Waals surface area (Å²) in [6.07, 6.45) is -5.29. The average Bonchev–Trinajstić information content (AvgIpc) is 2.62. The van der Waals surface area contributed by atoms with Gasteiger partial charge in [0.25, 0.3) is 0 Å². The van der Waals surface area contributed by atoms with Gasteiger partial charge in [0.05, 0.1) is 0 Å². The number of ether oxygens (including phenoxy) is 1. The number of alkyl halides is 3. The van der Waals surface area contributed by atoms with Crippen LogP contribution in [0, 0.1) is 6.92 Å². The minimum Gasteiger partial charge on any atom is -0.371 e. The Bertz CT molecular complexity index is 362. The van der Waals surface area contributed by atoms with E-state index in [4.69, 9.17) is 10.5 Å². The third kappa shape index (κ3) is 5.37. The van der Waals surface area contributed by atoms with Gasteiger partial charge in [0.15, 0.2) is 0 Å². The molecule has 6 heteroatoms. The summed E-state index contributed by atoms with van der Waals surface area (Å²) < 4.78 is 41.4. The molecular formula is C12H18F3NOS. The molecule has 104 valence electrons. The Hall–Kier alpha value is -0.590. The Kier molecular flexibility index (Phi) is 5.62. The van der Waals surface area contributed by atoms with Crippen LogP contribution in [0.1, 0.15) is 35.6 Å². The average molecular weight is 281 g/mol. The van der Waals surface area contributed by atoms with E-state index in [2.05, 4.69) is 0 Å². The molecule has 1 aromatic rings. The lowest BCUT2D eigenvalue weighted by Gasteiger charge is -2.20. The number of rotatable bonds is 6. The summed E-state index contributed by atoms with van der Waals surface area (Å²) in [5.41, 5.74) is 5.81. The molecule has 0 aliphatic heterocycles. The van der Waals surface area contributed by atoms with E-state index < -0.39 is 12.6 Å². The summed E-state index contributed by atoms with van der Waals surface area (Å²) in [7, 11) is 0. The first-order valence-corrected chi connectivity index (χ1v) is 6.61. The summed E-state index contributed by atoms with van der Waals surface area (Å²) in [6.45, 7) is 3.84. The fraction of sp³-hybridized carbons (Fsp3) is 0.667. The van der Waals surface area contributed by atoms with Crippen molar-refractivity contribution >= 4 is 11.3 Å². The first-order valence-electron chi connectivity index (χ1n) is 5.80. The molecule has 1 heterocycles. The van der Waals surface area contributed by atoms with Crippen LogP contribution in [-0.2, 0) is 4.74 Å². The fourth-order valence-electron chi connectivity index (χ4n) is 1.58. The SMILES string of the molecule is Cc1ccc(C(OCCCC(F)(F)F)C(C)N)s1. The predicted octanol–water partition coefficient (Wildman–Crippen LogP) is 3.80. The van der Waals surface area contributed by atoms with Crippen molar-refractivity contribution in [1.82, 2.24) is 0 Å². The van der Waals surface area contributed by atoms with Gasteiger partial charge in [0.2, 0.25) is 0 Å². The number of nitrogens with two attached hydrogens (primary N) is 1. The van der Waals surface area contributed by atoms with Crippen molar-refractivity contribution in [1.29, 1.82) is 0 Å². The highest BCUT2D eigenvalue weighted by molar-refractivity contribution is 7.12. The number of halogens is 3.